The molecule has 1 aliphatic rings. The smallest absolute Gasteiger partial charge is 0.480 e. The van der Waals surface area contributed by atoms with E-state index in [9.17, 15) is 69.6 Å². The van der Waals surface area contributed by atoms with E-state index in [1.165, 1.54) is 19.6 Å². The molecular formula is C37H54F6N6O11P2. The molecule has 0 bridgehead atoms. The maximum absolute atomic E-state index is 13.1. The largest absolute Gasteiger partial charge is 0.527 e. The maximum Gasteiger partial charge on any atom is 0.527 e. The van der Waals surface area contributed by atoms with Gasteiger partial charge in [0.25, 0.3) is 0 Å². The minimum atomic E-state index is -5.08. The van der Waals surface area contributed by atoms with Gasteiger partial charge in [0.1, 0.15) is 18.1 Å². The van der Waals surface area contributed by atoms with E-state index in [4.69, 9.17) is 9.05 Å². The van der Waals surface area contributed by atoms with Crippen molar-refractivity contribution in [2.45, 2.75) is 66.1 Å². The molecule has 350 valence electrons. The van der Waals surface area contributed by atoms with Crippen molar-refractivity contribution < 1.29 is 78.7 Å². The van der Waals surface area contributed by atoms with Gasteiger partial charge in [-0.25, -0.2) is 4.57 Å². The van der Waals surface area contributed by atoms with Crippen LogP contribution in [0.5, 0.6) is 5.75 Å². The van der Waals surface area contributed by atoms with Crippen molar-refractivity contribution in [1.82, 2.24) is 30.2 Å². The predicted octanol–water partition coefficient (Wildman–Crippen LogP) is 4.25. The van der Waals surface area contributed by atoms with Crippen molar-refractivity contribution in [1.29, 1.82) is 0 Å². The number of rotatable bonds is 16. The van der Waals surface area contributed by atoms with Gasteiger partial charge in [-0.1, -0.05) is 17.7 Å². The topological polar surface area (TPSA) is 222 Å². The molecule has 2 aromatic carbocycles. The van der Waals surface area contributed by atoms with Crippen LogP contribution >= 0.6 is 15.4 Å². The van der Waals surface area contributed by atoms with Crippen LogP contribution in [0.4, 0.5) is 26.3 Å². The number of halogens is 6. The number of hydrogen-bond acceptors (Lipinski definition) is 11. The van der Waals surface area contributed by atoms with E-state index in [1.54, 1.807) is 13.0 Å². The van der Waals surface area contributed by atoms with Crippen LogP contribution in [-0.4, -0.2) is 154 Å². The molecule has 62 heavy (non-hydrogen) atoms. The van der Waals surface area contributed by atoms with E-state index in [0.717, 1.165) is 44.0 Å². The zero-order valence-corrected chi connectivity index (χ0v) is 36.7. The average molecular weight is 935 g/mol. The summed E-state index contributed by atoms with van der Waals surface area (Å²) in [6, 6.07) is 6.11. The number of amides is 2. The fourth-order valence-corrected chi connectivity index (χ4v) is 8.88. The first kappa shape index (κ1) is 52.7. The lowest BCUT2D eigenvalue weighted by atomic mass is 9.90. The van der Waals surface area contributed by atoms with Gasteiger partial charge in [-0.15, -0.1) is 0 Å². The Kier molecular flexibility index (Phi) is 19.0. The van der Waals surface area contributed by atoms with Crippen LogP contribution in [0.1, 0.15) is 40.7 Å². The molecule has 6 N–H and O–H groups in total. The Hall–Kier alpha value is -3.63. The Morgan fingerprint density at radius 1 is 0.710 bits per heavy atom. The van der Waals surface area contributed by atoms with Crippen molar-refractivity contribution in [2.75, 3.05) is 78.3 Å². The van der Waals surface area contributed by atoms with Crippen molar-refractivity contribution in [3.63, 3.8) is 0 Å². The van der Waals surface area contributed by atoms with Gasteiger partial charge >= 0.3 is 34.0 Å². The van der Waals surface area contributed by atoms with E-state index < -0.39 is 77.8 Å². The summed E-state index contributed by atoms with van der Waals surface area (Å²) in [7, 11) is -9.53. The van der Waals surface area contributed by atoms with E-state index in [1.807, 2.05) is 45.9 Å². The normalized spacial score (nSPS) is 17.6. The molecule has 1 aliphatic heterocycles. The predicted molar refractivity (Wildman–Crippen MR) is 214 cm³/mol. The van der Waals surface area contributed by atoms with Crippen LogP contribution in [0.15, 0.2) is 24.3 Å². The van der Waals surface area contributed by atoms with Crippen molar-refractivity contribution >= 4 is 33.2 Å². The highest BCUT2D eigenvalue weighted by atomic mass is 31.2. The second-order valence-electron chi connectivity index (χ2n) is 15.2. The van der Waals surface area contributed by atoms with Crippen LogP contribution in [-0.2, 0) is 28.0 Å². The molecule has 2 atom stereocenters. The third-order valence-electron chi connectivity index (χ3n) is 9.84. The first-order valence-corrected chi connectivity index (χ1v) is 22.6. The quantitative estimate of drug-likeness (QED) is 0.0600. The molecular weight excluding hydrogens is 880 g/mol. The molecule has 25 heteroatoms. The Bertz CT molecular complexity index is 1920. The number of phosphoric ester groups is 1. The summed E-state index contributed by atoms with van der Waals surface area (Å²) in [4.78, 5) is 72.0. The van der Waals surface area contributed by atoms with Crippen molar-refractivity contribution in [2.24, 2.45) is 0 Å². The summed E-state index contributed by atoms with van der Waals surface area (Å²) in [5.41, 5.74) is 6.41. The lowest BCUT2D eigenvalue weighted by molar-refractivity contribution is -0.171. The summed E-state index contributed by atoms with van der Waals surface area (Å²) >= 11 is 0. The third-order valence-corrected chi connectivity index (χ3v) is 11.5. The van der Waals surface area contributed by atoms with Crippen LogP contribution in [0.3, 0.4) is 0 Å². The van der Waals surface area contributed by atoms with E-state index >= 15 is 0 Å². The van der Waals surface area contributed by atoms with Crippen LogP contribution in [0.2, 0.25) is 0 Å². The number of carboxylic acid groups (broad SMARTS) is 1. The number of aryl methyl sites for hydroxylation is 5. The summed E-state index contributed by atoms with van der Waals surface area (Å²) in [6.07, 6.45) is -11.4. The number of nitrogens with one attached hydrogen (secondary N) is 2. The van der Waals surface area contributed by atoms with Gasteiger partial charge < -0.3 is 19.4 Å². The number of alkyl halides is 6. The molecule has 1 unspecified atom stereocenters. The molecule has 17 nitrogen and oxygen atoms in total. The fourth-order valence-electron chi connectivity index (χ4n) is 7.22. The highest BCUT2D eigenvalue weighted by molar-refractivity contribution is 7.51. The number of carbonyl (C=O) groups excluding carboxylic acids is 2. The molecule has 3 rings (SSSR count). The molecule has 0 aromatic heterocycles. The van der Waals surface area contributed by atoms with Crippen LogP contribution in [0, 0.1) is 34.6 Å². The highest BCUT2D eigenvalue weighted by Crippen LogP contribution is 2.46. The number of carbonyl (C=O) groups is 3. The Balaban J connectivity index is 1.80. The molecule has 1 saturated heterocycles. The lowest BCUT2D eigenvalue weighted by Gasteiger charge is -2.36. The summed E-state index contributed by atoms with van der Waals surface area (Å²) in [5, 5.41) is 12.0. The van der Waals surface area contributed by atoms with Gasteiger partial charge in [-0.3, -0.25) is 58.6 Å². The average Bonchev–Trinajstić information content (AvgIpc) is 3.07. The molecule has 0 spiro atoms. The van der Waals surface area contributed by atoms with Gasteiger partial charge in [-0.2, -0.15) is 26.3 Å². The van der Waals surface area contributed by atoms with Gasteiger partial charge in [0, 0.05) is 52.4 Å². The zero-order chi connectivity index (χ0) is 46.8. The number of nitrogens with zero attached hydrogens (tertiary/aromatic N) is 4. The van der Waals surface area contributed by atoms with Gasteiger partial charge in [0.05, 0.1) is 19.7 Å². The molecule has 0 aliphatic carbocycles. The number of hydrogen-bond donors (Lipinski definition) is 6. The molecule has 0 radical (unpaired) electrons. The first-order valence-electron chi connectivity index (χ1n) is 19.3. The lowest BCUT2D eigenvalue weighted by Crippen LogP contribution is -2.53. The molecule has 1 heterocycles. The van der Waals surface area contributed by atoms with E-state index in [-0.39, 0.29) is 70.9 Å². The van der Waals surface area contributed by atoms with Gasteiger partial charge in [0.15, 0.2) is 0 Å². The number of aliphatic carboxylic acids is 1. The highest BCUT2D eigenvalue weighted by Gasteiger charge is 2.34. The fraction of sp³-hybridized carbons (Fsp3) is 0.595. The minimum absolute atomic E-state index is 0.0778. The summed E-state index contributed by atoms with van der Waals surface area (Å²) in [6.45, 7) is 5.15. The Morgan fingerprint density at radius 2 is 1.18 bits per heavy atom. The standard InChI is InChI=1S/C37H54F6N6O11P2/c1-24-17-27(4)34(28(5)18-24)29-19-26(3)31(20-25(29)2)60-62(57,58)59-16-6-7-30(35(52)53)49-14-12-46(21-32(50)44-36(38,39)40)8-10-48(23-61(54,55)56)11-9-47(13-15-49)22-33(51)45-37(41,42)43/h17-20,30H,6-16,21-23H2,1-5H3,(H,44,50)(H,45,51)(H,52,53)(H,57,58)(H2,54,55,56)/t30-/m1/s1. The Labute approximate surface area is 355 Å². The first-order chi connectivity index (χ1) is 28.5. The molecule has 2 aromatic rings. The van der Waals surface area contributed by atoms with Crippen molar-refractivity contribution in [3.05, 3.63) is 52.1 Å². The second-order valence-corrected chi connectivity index (χ2v) is 18.2. The van der Waals surface area contributed by atoms with Crippen molar-refractivity contribution in [3.8, 4) is 16.9 Å². The maximum atomic E-state index is 13.1. The molecule has 2 amide bonds. The SMILES string of the molecule is Cc1cc(C)c(-c2cc(C)c(OP(=O)(O)OCCC[C@H](C(=O)O)N3CCN(CC(=O)NC(F)(F)F)CCN(CP(=O)(O)O)CCN(CC(=O)NC(F)(F)F)CC3)cc2C)c(C)c1. The summed E-state index contributed by atoms with van der Waals surface area (Å²) in [5.74, 6) is -4.28. The zero-order valence-electron chi connectivity index (χ0n) is 34.9. The van der Waals surface area contributed by atoms with Crippen LogP contribution < -0.4 is 15.2 Å². The molecule has 1 fully saturated rings. The molecule has 0 saturated carbocycles. The second kappa shape index (κ2) is 22.3. The number of phosphoric acid groups is 1. The number of benzene rings is 2. The van der Waals surface area contributed by atoms with E-state index in [0.29, 0.717) is 5.56 Å². The monoisotopic (exact) mass is 934 g/mol. The number of carboxylic acids is 1. The minimum Gasteiger partial charge on any atom is -0.480 e. The summed E-state index contributed by atoms with van der Waals surface area (Å²) < 4.78 is 113. The third kappa shape index (κ3) is 18.6. The van der Waals surface area contributed by atoms with Crippen LogP contribution in [0.25, 0.3) is 11.1 Å². The van der Waals surface area contributed by atoms with E-state index in [2.05, 4.69) is 0 Å². The Morgan fingerprint density at radius 3 is 1.63 bits per heavy atom. The van der Waals surface area contributed by atoms with Gasteiger partial charge in [0.2, 0.25) is 11.8 Å². The van der Waals surface area contributed by atoms with Gasteiger partial charge in [-0.05, 0) is 93.0 Å².